The number of rotatable bonds is 3. The van der Waals surface area contributed by atoms with Crippen LogP contribution in [0.1, 0.15) is 44.9 Å². The zero-order valence-corrected chi connectivity index (χ0v) is 20.8. The molecule has 0 aliphatic heterocycles. The molecule has 186 valence electrons. The number of hydrogen-bond donors (Lipinski definition) is 7. The number of para-hydroxylation sites is 3. The molecule has 35 heavy (non-hydrogen) atoms. The van der Waals surface area contributed by atoms with Crippen molar-refractivity contribution >= 4 is 35.0 Å². The Hall–Kier alpha value is -3.86. The van der Waals surface area contributed by atoms with Gasteiger partial charge in [0.25, 0.3) is 0 Å². The minimum Gasteiger partial charge on any atom is -0.478 e. The Morgan fingerprint density at radius 3 is 0.857 bits per heavy atom. The van der Waals surface area contributed by atoms with Gasteiger partial charge in [0.05, 0.1) is 16.7 Å². The SMILES string of the molecule is CC(C)O.Nc1ccccc1C(=O)O.Nc1ccccc1C(=O)O.Nc1ccccc1C(=O)O.[Ti]. The third-order valence-electron chi connectivity index (χ3n) is 3.57. The molecule has 0 saturated heterocycles. The number of carbonyl (C=O) groups is 3. The molecule has 0 bridgehead atoms. The quantitative estimate of drug-likeness (QED) is 0.198. The summed E-state index contributed by atoms with van der Waals surface area (Å²) in [4.78, 5) is 31.0. The van der Waals surface area contributed by atoms with E-state index in [1.165, 1.54) is 18.2 Å². The Kier molecular flexibility index (Phi) is 16.8. The summed E-state index contributed by atoms with van der Waals surface area (Å²) in [5.41, 5.74) is 17.4. The van der Waals surface area contributed by atoms with E-state index in [0.717, 1.165) is 0 Å². The van der Waals surface area contributed by atoms with Crippen molar-refractivity contribution in [3.63, 3.8) is 0 Å². The van der Waals surface area contributed by atoms with Gasteiger partial charge in [-0.05, 0) is 50.2 Å². The minimum absolute atomic E-state index is 0. The van der Waals surface area contributed by atoms with Crippen molar-refractivity contribution < 1.29 is 56.5 Å². The summed E-state index contributed by atoms with van der Waals surface area (Å²) in [5, 5.41) is 33.5. The maximum atomic E-state index is 10.3. The van der Waals surface area contributed by atoms with Crippen LogP contribution >= 0.6 is 0 Å². The van der Waals surface area contributed by atoms with Crippen LogP contribution in [0.25, 0.3) is 0 Å². The predicted octanol–water partition coefficient (Wildman–Crippen LogP) is 3.29. The van der Waals surface area contributed by atoms with E-state index in [1.54, 1.807) is 68.4 Å². The first-order chi connectivity index (χ1) is 15.9. The van der Waals surface area contributed by atoms with Gasteiger partial charge in [-0.1, -0.05) is 36.4 Å². The van der Waals surface area contributed by atoms with Gasteiger partial charge in [0.1, 0.15) is 0 Å². The molecule has 0 amide bonds. The van der Waals surface area contributed by atoms with E-state index in [1.807, 2.05) is 0 Å². The first kappa shape index (κ1) is 33.3. The van der Waals surface area contributed by atoms with Gasteiger partial charge in [0.2, 0.25) is 0 Å². The molecule has 0 aliphatic rings. The van der Waals surface area contributed by atoms with Gasteiger partial charge in [0.15, 0.2) is 0 Å². The number of carboxylic acid groups (broad SMARTS) is 3. The standard InChI is InChI=1S/3C7H7NO2.C3H8O.Ti/c3*8-6-4-2-1-3-5(6)7(9)10;1-3(2)4;/h3*1-4H,8H2,(H,9,10);3-4H,1-2H3;. The molecule has 0 heterocycles. The molecule has 0 radical (unpaired) electrons. The Balaban J connectivity index is 0. The number of benzene rings is 3. The molecule has 3 aromatic carbocycles. The number of hydrogen-bond acceptors (Lipinski definition) is 7. The fraction of sp³-hybridized carbons (Fsp3) is 0.125. The number of aliphatic hydroxyl groups is 1. The topological polar surface area (TPSA) is 210 Å². The van der Waals surface area contributed by atoms with E-state index in [2.05, 4.69) is 0 Å². The van der Waals surface area contributed by atoms with Gasteiger partial charge in [-0.25, -0.2) is 14.4 Å². The Bertz CT molecular complexity index is 957. The van der Waals surface area contributed by atoms with E-state index in [4.69, 9.17) is 37.6 Å². The van der Waals surface area contributed by atoms with Crippen LogP contribution in [0, 0.1) is 0 Å². The second-order valence-electron chi connectivity index (χ2n) is 6.77. The number of aromatic carboxylic acids is 3. The zero-order valence-electron chi connectivity index (χ0n) is 19.3. The first-order valence-corrected chi connectivity index (χ1v) is 9.79. The summed E-state index contributed by atoms with van der Waals surface area (Å²) in [5.74, 6) is -2.96. The number of nitrogen functional groups attached to an aromatic ring is 3. The third kappa shape index (κ3) is 14.1. The molecule has 10 nitrogen and oxygen atoms in total. The number of anilines is 3. The van der Waals surface area contributed by atoms with Crippen LogP contribution in [-0.2, 0) is 21.7 Å². The Labute approximate surface area is 217 Å². The predicted molar refractivity (Wildman–Crippen MR) is 131 cm³/mol. The van der Waals surface area contributed by atoms with Crippen molar-refractivity contribution in [2.75, 3.05) is 17.2 Å². The Morgan fingerprint density at radius 2 is 0.743 bits per heavy atom. The van der Waals surface area contributed by atoms with E-state index in [9.17, 15) is 14.4 Å². The monoisotopic (exact) mass is 519 g/mol. The van der Waals surface area contributed by atoms with Crippen molar-refractivity contribution in [3.8, 4) is 0 Å². The van der Waals surface area contributed by atoms with Crippen LogP contribution in [0.3, 0.4) is 0 Å². The maximum Gasteiger partial charge on any atom is 0.337 e. The minimum atomic E-state index is -0.988. The summed E-state index contributed by atoms with van der Waals surface area (Å²) in [7, 11) is 0. The molecule has 0 aromatic heterocycles. The van der Waals surface area contributed by atoms with Gasteiger partial charge in [-0.2, -0.15) is 0 Å². The first-order valence-electron chi connectivity index (χ1n) is 9.79. The molecule has 0 aliphatic carbocycles. The van der Waals surface area contributed by atoms with Crippen molar-refractivity contribution in [1.82, 2.24) is 0 Å². The molecule has 0 unspecified atom stereocenters. The fourth-order valence-corrected chi connectivity index (χ4v) is 2.08. The molecule has 10 N–H and O–H groups in total. The van der Waals surface area contributed by atoms with Gasteiger partial charge < -0.3 is 37.6 Å². The summed E-state index contributed by atoms with van der Waals surface area (Å²) < 4.78 is 0. The second-order valence-corrected chi connectivity index (χ2v) is 6.77. The number of nitrogens with two attached hydrogens (primary N) is 3. The van der Waals surface area contributed by atoms with Crippen molar-refractivity contribution in [1.29, 1.82) is 0 Å². The molecule has 0 saturated carbocycles. The van der Waals surface area contributed by atoms with Crippen molar-refractivity contribution in [2.24, 2.45) is 0 Å². The summed E-state index contributed by atoms with van der Waals surface area (Å²) in [6.45, 7) is 3.44. The van der Waals surface area contributed by atoms with Crippen LogP contribution in [-0.4, -0.2) is 44.4 Å². The van der Waals surface area contributed by atoms with Gasteiger partial charge in [-0.15, -0.1) is 0 Å². The normalized spacial score (nSPS) is 8.91. The molecule has 11 heteroatoms. The number of aliphatic hydroxyl groups excluding tert-OH is 1. The molecule has 3 aromatic rings. The van der Waals surface area contributed by atoms with Crippen LogP contribution < -0.4 is 17.2 Å². The summed E-state index contributed by atoms with van der Waals surface area (Å²) in [6, 6.07) is 19.1. The maximum absolute atomic E-state index is 10.3. The largest absolute Gasteiger partial charge is 0.478 e. The smallest absolute Gasteiger partial charge is 0.337 e. The third-order valence-corrected chi connectivity index (χ3v) is 3.57. The number of carboxylic acids is 3. The van der Waals surface area contributed by atoms with E-state index >= 15 is 0 Å². The van der Waals surface area contributed by atoms with Crippen LogP contribution in [0.15, 0.2) is 72.8 Å². The van der Waals surface area contributed by atoms with Crippen LogP contribution in [0.5, 0.6) is 0 Å². The van der Waals surface area contributed by atoms with Crippen LogP contribution in [0.2, 0.25) is 0 Å². The average Bonchev–Trinajstić information content (AvgIpc) is 2.74. The fourth-order valence-electron chi connectivity index (χ4n) is 2.08. The van der Waals surface area contributed by atoms with Gasteiger partial charge in [0, 0.05) is 44.9 Å². The molecule has 0 atom stereocenters. The summed E-state index contributed by atoms with van der Waals surface area (Å²) >= 11 is 0. The molecule has 0 fully saturated rings. The van der Waals surface area contributed by atoms with Gasteiger partial charge in [-0.3, -0.25) is 0 Å². The van der Waals surface area contributed by atoms with E-state index in [-0.39, 0.29) is 44.5 Å². The zero-order chi connectivity index (χ0) is 26.3. The van der Waals surface area contributed by atoms with Crippen molar-refractivity contribution in [2.45, 2.75) is 20.0 Å². The second kappa shape index (κ2) is 17.6. The molecule has 3 rings (SSSR count). The van der Waals surface area contributed by atoms with Crippen molar-refractivity contribution in [3.05, 3.63) is 89.5 Å². The van der Waals surface area contributed by atoms with Crippen LogP contribution in [0.4, 0.5) is 17.1 Å². The molecular formula is C24H29N3O7Ti. The molecule has 0 spiro atoms. The van der Waals surface area contributed by atoms with E-state index in [0.29, 0.717) is 17.1 Å². The van der Waals surface area contributed by atoms with Gasteiger partial charge >= 0.3 is 17.9 Å². The Morgan fingerprint density at radius 1 is 0.571 bits per heavy atom. The molecular weight excluding hydrogens is 490 g/mol. The van der Waals surface area contributed by atoms with E-state index < -0.39 is 17.9 Å². The summed E-state index contributed by atoms with van der Waals surface area (Å²) in [6.07, 6.45) is -0.167. The average molecular weight is 519 g/mol.